The minimum absolute atomic E-state index is 0.0745. The quantitative estimate of drug-likeness (QED) is 0.235. The Morgan fingerprint density at radius 2 is 1.63 bits per heavy atom. The molecule has 0 bridgehead atoms. The Kier molecular flexibility index (Phi) is 10.4. The number of benzene rings is 1. The Morgan fingerprint density at radius 3 is 2.20 bits per heavy atom. The number of likely N-dealkylation sites (tertiary alicyclic amines) is 1. The summed E-state index contributed by atoms with van der Waals surface area (Å²) in [5, 5.41) is 10.4. The van der Waals surface area contributed by atoms with Crippen LogP contribution >= 0.6 is 0 Å². The zero-order valence-electron chi connectivity index (χ0n) is 20.8. The molecule has 1 aliphatic heterocycles. The maximum Gasteiger partial charge on any atom is 0.413 e. The van der Waals surface area contributed by atoms with E-state index in [0.29, 0.717) is 43.7 Å². The number of hydrogen-bond acceptors (Lipinski definition) is 8. The first-order valence-corrected chi connectivity index (χ1v) is 11.8. The van der Waals surface area contributed by atoms with Crippen LogP contribution in [0, 0.1) is 5.41 Å². The number of carbonyl (C=O) groups excluding carboxylic acids is 4. The number of rotatable bonds is 9. The predicted molar refractivity (Wildman–Crippen MR) is 128 cm³/mol. The molecule has 2 amide bonds. The molecule has 1 heterocycles. The van der Waals surface area contributed by atoms with Crippen LogP contribution in [0.4, 0.5) is 4.79 Å². The second kappa shape index (κ2) is 13.0. The highest BCUT2D eigenvalue weighted by molar-refractivity contribution is 6.05. The van der Waals surface area contributed by atoms with E-state index in [2.05, 4.69) is 5.32 Å². The number of alkyl carbamates (subject to hydrolysis) is 1. The summed E-state index contributed by atoms with van der Waals surface area (Å²) in [6.07, 6.45) is 0.617. The van der Waals surface area contributed by atoms with E-state index < -0.39 is 17.7 Å². The lowest BCUT2D eigenvalue weighted by Crippen LogP contribution is -2.41. The van der Waals surface area contributed by atoms with E-state index >= 15 is 0 Å². The summed E-state index contributed by atoms with van der Waals surface area (Å²) in [6, 6.07) is 6.27. The van der Waals surface area contributed by atoms with Gasteiger partial charge in [0.2, 0.25) is 5.91 Å². The van der Waals surface area contributed by atoms with Gasteiger partial charge in [0.25, 0.3) is 0 Å². The first-order chi connectivity index (χ1) is 16.5. The van der Waals surface area contributed by atoms with E-state index in [-0.39, 0.29) is 43.1 Å². The second-order valence-corrected chi connectivity index (χ2v) is 9.20. The van der Waals surface area contributed by atoms with Gasteiger partial charge >= 0.3 is 12.1 Å². The zero-order valence-corrected chi connectivity index (χ0v) is 20.8. The van der Waals surface area contributed by atoms with E-state index in [1.54, 1.807) is 56.9 Å². The van der Waals surface area contributed by atoms with Crippen LogP contribution in [-0.4, -0.2) is 72.5 Å². The number of Topliss-reactive ketones (excluding diaryl/α,β-unsaturated/α-hetero) is 1. The van der Waals surface area contributed by atoms with Gasteiger partial charge in [-0.1, -0.05) is 24.3 Å². The Bertz CT molecular complexity index is 914. The molecule has 0 saturated carbocycles. The molecule has 2 N–H and O–H groups in total. The van der Waals surface area contributed by atoms with E-state index in [0.717, 1.165) is 0 Å². The van der Waals surface area contributed by atoms with Gasteiger partial charge in [-0.2, -0.15) is 0 Å². The van der Waals surface area contributed by atoms with E-state index in [1.165, 1.54) is 0 Å². The van der Waals surface area contributed by atoms with E-state index in [1.807, 2.05) is 0 Å². The number of nitrogens with zero attached hydrogens (tertiary/aromatic N) is 1. The summed E-state index contributed by atoms with van der Waals surface area (Å²) >= 11 is 0. The first kappa shape index (κ1) is 28.0. The van der Waals surface area contributed by atoms with Gasteiger partial charge in [0, 0.05) is 37.1 Å². The third-order valence-electron chi connectivity index (χ3n) is 5.22. The number of nitrogens with one attached hydrogen (secondary N) is 2. The van der Waals surface area contributed by atoms with Crippen LogP contribution < -0.4 is 5.32 Å². The van der Waals surface area contributed by atoms with Gasteiger partial charge in [0.05, 0.1) is 12.7 Å². The average molecular weight is 490 g/mol. The van der Waals surface area contributed by atoms with Crippen molar-refractivity contribution >= 4 is 29.6 Å². The fraction of sp³-hybridized carbons (Fsp3) is 0.560. The van der Waals surface area contributed by atoms with Crippen LogP contribution in [0.5, 0.6) is 0 Å². The predicted octanol–water partition coefficient (Wildman–Crippen LogP) is 3.07. The van der Waals surface area contributed by atoms with Crippen molar-refractivity contribution in [2.75, 3.05) is 26.3 Å². The molecule has 1 fully saturated rings. The van der Waals surface area contributed by atoms with Crippen LogP contribution in [0.3, 0.4) is 0 Å². The topological polar surface area (TPSA) is 135 Å². The Hall–Kier alpha value is -3.27. The third-order valence-corrected chi connectivity index (χ3v) is 5.22. The SMILES string of the molecule is CCOC(=O)COC1CCN(C(=O)CCC(=O)c2ccc(C(=N)NC(=O)OC(C)(C)C)cc2)CC1. The fourth-order valence-electron chi connectivity index (χ4n) is 3.48. The molecule has 0 radical (unpaired) electrons. The molecule has 10 heteroatoms. The van der Waals surface area contributed by atoms with Crippen LogP contribution in [0.25, 0.3) is 0 Å². The van der Waals surface area contributed by atoms with Crippen LogP contribution in [0.2, 0.25) is 0 Å². The van der Waals surface area contributed by atoms with Crippen molar-refractivity contribution in [3.05, 3.63) is 35.4 Å². The summed E-state index contributed by atoms with van der Waals surface area (Å²) < 4.78 is 15.5. The molecule has 1 aromatic rings. The molecule has 0 atom stereocenters. The lowest BCUT2D eigenvalue weighted by atomic mass is 10.0. The van der Waals surface area contributed by atoms with Gasteiger partial charge in [0.15, 0.2) is 5.78 Å². The van der Waals surface area contributed by atoms with Gasteiger partial charge in [-0.05, 0) is 40.5 Å². The van der Waals surface area contributed by atoms with Crippen molar-refractivity contribution in [2.24, 2.45) is 0 Å². The van der Waals surface area contributed by atoms with Crippen LogP contribution in [-0.2, 0) is 23.8 Å². The second-order valence-electron chi connectivity index (χ2n) is 9.20. The minimum Gasteiger partial charge on any atom is -0.464 e. The molecule has 1 saturated heterocycles. The first-order valence-electron chi connectivity index (χ1n) is 11.8. The van der Waals surface area contributed by atoms with Crippen molar-refractivity contribution < 1.29 is 33.4 Å². The van der Waals surface area contributed by atoms with E-state index in [9.17, 15) is 19.2 Å². The molecular formula is C25H35N3O7. The molecule has 0 unspecified atom stereocenters. The normalized spacial score (nSPS) is 14.2. The standard InChI is InChI=1S/C25H35N3O7/c1-5-33-22(31)16-34-19-12-14-28(15-13-19)21(30)11-10-20(29)17-6-8-18(9-7-17)23(26)27-24(32)35-25(2,3)4/h6-9,19H,5,10-16H2,1-4H3,(H2,26,27,32). The van der Waals surface area contributed by atoms with Crippen molar-refractivity contribution in [3.63, 3.8) is 0 Å². The Balaban J connectivity index is 1.75. The van der Waals surface area contributed by atoms with Gasteiger partial charge in [-0.25, -0.2) is 9.59 Å². The molecule has 192 valence electrons. The number of amidine groups is 1. The Labute approximate surface area is 205 Å². The summed E-state index contributed by atoms with van der Waals surface area (Å²) in [5.74, 6) is -0.803. The highest BCUT2D eigenvalue weighted by Crippen LogP contribution is 2.16. The van der Waals surface area contributed by atoms with Crippen LogP contribution in [0.1, 0.15) is 69.3 Å². The largest absolute Gasteiger partial charge is 0.464 e. The van der Waals surface area contributed by atoms with Gasteiger partial charge < -0.3 is 19.1 Å². The third kappa shape index (κ3) is 9.86. The molecule has 35 heavy (non-hydrogen) atoms. The number of esters is 1. The molecular weight excluding hydrogens is 454 g/mol. The molecule has 0 spiro atoms. The average Bonchev–Trinajstić information content (AvgIpc) is 2.80. The van der Waals surface area contributed by atoms with Gasteiger partial charge in [-0.3, -0.25) is 20.3 Å². The van der Waals surface area contributed by atoms with Crippen LogP contribution in [0.15, 0.2) is 24.3 Å². The summed E-state index contributed by atoms with van der Waals surface area (Å²) in [4.78, 5) is 49.9. The van der Waals surface area contributed by atoms with Gasteiger partial charge in [-0.15, -0.1) is 0 Å². The molecule has 1 aliphatic rings. The number of amides is 2. The monoisotopic (exact) mass is 489 g/mol. The van der Waals surface area contributed by atoms with Gasteiger partial charge in [0.1, 0.15) is 18.0 Å². The lowest BCUT2D eigenvalue weighted by molar-refractivity contribution is -0.152. The zero-order chi connectivity index (χ0) is 26.0. The lowest BCUT2D eigenvalue weighted by Gasteiger charge is -2.31. The summed E-state index contributed by atoms with van der Waals surface area (Å²) in [6.45, 7) is 8.18. The molecule has 10 nitrogen and oxygen atoms in total. The maximum absolute atomic E-state index is 12.5. The van der Waals surface area contributed by atoms with Crippen molar-refractivity contribution in [3.8, 4) is 0 Å². The highest BCUT2D eigenvalue weighted by atomic mass is 16.6. The smallest absolute Gasteiger partial charge is 0.413 e. The number of carbonyl (C=O) groups is 4. The number of ketones is 1. The van der Waals surface area contributed by atoms with Crippen molar-refractivity contribution in [2.45, 2.75) is 65.1 Å². The highest BCUT2D eigenvalue weighted by Gasteiger charge is 2.24. The Morgan fingerprint density at radius 1 is 1.03 bits per heavy atom. The number of piperidine rings is 1. The minimum atomic E-state index is -0.726. The molecule has 2 rings (SSSR count). The number of hydrogen-bond donors (Lipinski definition) is 2. The molecule has 1 aromatic carbocycles. The molecule has 0 aromatic heterocycles. The van der Waals surface area contributed by atoms with E-state index in [4.69, 9.17) is 19.6 Å². The maximum atomic E-state index is 12.5. The summed E-state index contributed by atoms with van der Waals surface area (Å²) in [7, 11) is 0. The molecule has 0 aliphatic carbocycles. The fourth-order valence-corrected chi connectivity index (χ4v) is 3.48. The number of ether oxygens (including phenoxy) is 3. The van der Waals surface area contributed by atoms with Crippen molar-refractivity contribution in [1.29, 1.82) is 5.41 Å². The van der Waals surface area contributed by atoms with Crippen molar-refractivity contribution in [1.82, 2.24) is 10.2 Å². The summed E-state index contributed by atoms with van der Waals surface area (Å²) in [5.41, 5.74) is 0.181.